The van der Waals surface area contributed by atoms with Crippen molar-refractivity contribution in [1.82, 2.24) is 9.80 Å². The molecule has 2 saturated heterocycles. The lowest BCUT2D eigenvalue weighted by atomic mass is 9.88. The van der Waals surface area contributed by atoms with Crippen LogP contribution in [-0.4, -0.2) is 68.3 Å². The van der Waals surface area contributed by atoms with Gasteiger partial charge in [0.15, 0.2) is 11.5 Å². The molecule has 2 bridgehead atoms. The number of fused-ring (bicyclic) bond motifs is 2. The fourth-order valence-electron chi connectivity index (χ4n) is 4.94. The molecule has 156 valence electrons. The molecule has 3 aliphatic rings. The van der Waals surface area contributed by atoms with E-state index >= 15 is 0 Å². The summed E-state index contributed by atoms with van der Waals surface area (Å²) in [7, 11) is 4.59. The highest BCUT2D eigenvalue weighted by molar-refractivity contribution is 6.01. The van der Waals surface area contributed by atoms with Crippen LogP contribution < -0.4 is 9.47 Å². The number of methoxy groups -OCH3 is 3. The monoisotopic (exact) mass is 400 g/mol. The topological polar surface area (TPSA) is 68.3 Å². The van der Waals surface area contributed by atoms with Crippen molar-refractivity contribution in [1.29, 1.82) is 0 Å². The number of esters is 1. The molecule has 2 atom stereocenters. The van der Waals surface area contributed by atoms with Gasteiger partial charge in [-0.3, -0.25) is 0 Å². The molecule has 0 radical (unpaired) electrons. The largest absolute Gasteiger partial charge is 0.493 e. The van der Waals surface area contributed by atoms with Crippen molar-refractivity contribution in [3.8, 4) is 11.5 Å². The smallest absolute Gasteiger partial charge is 0.336 e. The third-order valence-corrected chi connectivity index (χ3v) is 6.34. The van der Waals surface area contributed by atoms with Gasteiger partial charge in [-0.25, -0.2) is 9.59 Å². The van der Waals surface area contributed by atoms with E-state index in [2.05, 4.69) is 0 Å². The van der Waals surface area contributed by atoms with Crippen molar-refractivity contribution in [2.75, 3.05) is 34.4 Å². The van der Waals surface area contributed by atoms with E-state index < -0.39 is 0 Å². The van der Waals surface area contributed by atoms with Crippen LogP contribution in [0.3, 0.4) is 0 Å². The van der Waals surface area contributed by atoms with Gasteiger partial charge in [-0.15, -0.1) is 0 Å². The van der Waals surface area contributed by atoms with E-state index in [0.29, 0.717) is 23.5 Å². The second-order valence-electron chi connectivity index (χ2n) is 7.79. The van der Waals surface area contributed by atoms with Crippen LogP contribution in [0.2, 0.25) is 0 Å². The second kappa shape index (κ2) is 7.97. The maximum Gasteiger partial charge on any atom is 0.336 e. The molecule has 0 spiro atoms. The maximum atomic E-state index is 13.2. The number of likely N-dealkylation sites (tertiary alicyclic amines) is 1. The SMILES string of the molecule is COC(=O)C1=C(c2ccc(OC)c(OC)c2)CC2CCC1N2C(=O)N1CCCC1. The van der Waals surface area contributed by atoms with Crippen molar-refractivity contribution in [2.24, 2.45) is 0 Å². The summed E-state index contributed by atoms with van der Waals surface area (Å²) in [4.78, 5) is 29.9. The summed E-state index contributed by atoms with van der Waals surface area (Å²) in [5.74, 6) is 0.894. The van der Waals surface area contributed by atoms with Gasteiger partial charge in [0.2, 0.25) is 0 Å². The molecule has 1 aromatic carbocycles. The van der Waals surface area contributed by atoms with Crippen LogP contribution in [0.25, 0.3) is 5.57 Å². The predicted octanol–water partition coefficient (Wildman–Crippen LogP) is 3.08. The number of amides is 2. The quantitative estimate of drug-likeness (QED) is 0.727. The zero-order chi connectivity index (χ0) is 20.5. The fraction of sp³-hybridized carbons (Fsp3) is 0.545. The van der Waals surface area contributed by atoms with E-state index in [4.69, 9.17) is 14.2 Å². The predicted molar refractivity (Wildman–Crippen MR) is 108 cm³/mol. The van der Waals surface area contributed by atoms with Gasteiger partial charge in [-0.05, 0) is 55.4 Å². The molecule has 0 aromatic heterocycles. The Morgan fingerprint density at radius 1 is 1.00 bits per heavy atom. The molecule has 7 heteroatoms. The highest BCUT2D eigenvalue weighted by Gasteiger charge is 2.47. The Balaban J connectivity index is 1.75. The number of rotatable bonds is 4. The van der Waals surface area contributed by atoms with Crippen LogP contribution >= 0.6 is 0 Å². The summed E-state index contributed by atoms with van der Waals surface area (Å²) in [6.07, 6.45) is 4.40. The molecule has 2 fully saturated rings. The second-order valence-corrected chi connectivity index (χ2v) is 7.79. The lowest BCUT2D eigenvalue weighted by Crippen LogP contribution is -2.51. The van der Waals surface area contributed by atoms with Crippen molar-refractivity contribution in [3.63, 3.8) is 0 Å². The van der Waals surface area contributed by atoms with Gasteiger partial charge >= 0.3 is 12.0 Å². The van der Waals surface area contributed by atoms with Crippen molar-refractivity contribution < 1.29 is 23.8 Å². The van der Waals surface area contributed by atoms with Crippen LogP contribution in [0, 0.1) is 0 Å². The molecule has 7 nitrogen and oxygen atoms in total. The molecule has 4 rings (SSSR count). The summed E-state index contributed by atoms with van der Waals surface area (Å²) >= 11 is 0. The van der Waals surface area contributed by atoms with Gasteiger partial charge in [0, 0.05) is 19.1 Å². The Morgan fingerprint density at radius 3 is 2.38 bits per heavy atom. The van der Waals surface area contributed by atoms with E-state index in [9.17, 15) is 9.59 Å². The van der Waals surface area contributed by atoms with E-state index in [0.717, 1.165) is 49.9 Å². The zero-order valence-electron chi connectivity index (χ0n) is 17.3. The Labute approximate surface area is 171 Å². The number of hydrogen-bond donors (Lipinski definition) is 0. The van der Waals surface area contributed by atoms with Crippen LogP contribution in [0.5, 0.6) is 11.5 Å². The van der Waals surface area contributed by atoms with Gasteiger partial charge in [-0.1, -0.05) is 6.07 Å². The van der Waals surface area contributed by atoms with Crippen molar-refractivity contribution >= 4 is 17.6 Å². The van der Waals surface area contributed by atoms with E-state index in [1.54, 1.807) is 14.2 Å². The number of ether oxygens (including phenoxy) is 3. The Kier molecular flexibility index (Phi) is 5.39. The summed E-state index contributed by atoms with van der Waals surface area (Å²) in [6, 6.07) is 5.61. The first kappa shape index (κ1) is 19.6. The first-order valence-electron chi connectivity index (χ1n) is 10.2. The molecular weight excluding hydrogens is 372 g/mol. The number of hydrogen-bond acceptors (Lipinski definition) is 5. The van der Waals surface area contributed by atoms with Crippen LogP contribution in [0.1, 0.15) is 37.7 Å². The van der Waals surface area contributed by atoms with E-state index in [1.807, 2.05) is 28.0 Å². The third-order valence-electron chi connectivity index (χ3n) is 6.34. The molecule has 0 N–H and O–H groups in total. The number of benzene rings is 1. The molecule has 0 aliphatic carbocycles. The van der Waals surface area contributed by atoms with Gasteiger partial charge in [0.1, 0.15) is 0 Å². The van der Waals surface area contributed by atoms with Crippen molar-refractivity contribution in [2.45, 2.75) is 44.2 Å². The third kappa shape index (κ3) is 3.32. The minimum atomic E-state index is -0.362. The van der Waals surface area contributed by atoms with E-state index in [1.165, 1.54) is 7.11 Å². The Bertz CT molecular complexity index is 844. The molecule has 2 amide bonds. The number of urea groups is 1. The summed E-state index contributed by atoms with van der Waals surface area (Å²) in [6.45, 7) is 1.60. The van der Waals surface area contributed by atoms with Crippen LogP contribution in [0.15, 0.2) is 23.8 Å². The molecule has 2 unspecified atom stereocenters. The average Bonchev–Trinajstić information content (AvgIpc) is 3.39. The lowest BCUT2D eigenvalue weighted by Gasteiger charge is -2.39. The van der Waals surface area contributed by atoms with Gasteiger partial charge in [0.25, 0.3) is 0 Å². The summed E-state index contributed by atoms with van der Waals surface area (Å²) in [5.41, 5.74) is 2.45. The average molecular weight is 400 g/mol. The first-order valence-corrected chi connectivity index (χ1v) is 10.2. The lowest BCUT2D eigenvalue weighted by molar-refractivity contribution is -0.136. The standard InChI is InChI=1S/C22H28N2O5/c1-27-18-9-6-14(12-19(18)28-2)16-13-15-7-8-17(20(16)21(25)29-3)24(15)22(26)23-10-4-5-11-23/h6,9,12,15,17H,4-5,7-8,10-11,13H2,1-3H3. The first-order chi connectivity index (χ1) is 14.1. The summed E-state index contributed by atoms with van der Waals surface area (Å²) in [5, 5.41) is 0. The molecule has 0 saturated carbocycles. The normalized spacial score (nSPS) is 23.4. The zero-order valence-corrected chi connectivity index (χ0v) is 17.3. The van der Waals surface area contributed by atoms with Gasteiger partial charge in [0.05, 0.1) is 32.9 Å². The number of nitrogens with zero attached hydrogens (tertiary/aromatic N) is 2. The Hall–Kier alpha value is -2.70. The van der Waals surface area contributed by atoms with Gasteiger partial charge in [-0.2, -0.15) is 0 Å². The van der Waals surface area contributed by atoms with Crippen LogP contribution in [-0.2, 0) is 9.53 Å². The molecule has 3 aliphatic heterocycles. The molecule has 1 aromatic rings. The minimum Gasteiger partial charge on any atom is -0.493 e. The van der Waals surface area contributed by atoms with Crippen LogP contribution in [0.4, 0.5) is 4.79 Å². The maximum absolute atomic E-state index is 13.2. The van der Waals surface area contributed by atoms with E-state index in [-0.39, 0.29) is 24.1 Å². The molecular formula is C22H28N2O5. The minimum absolute atomic E-state index is 0.0581. The Morgan fingerprint density at radius 2 is 1.72 bits per heavy atom. The highest BCUT2D eigenvalue weighted by atomic mass is 16.5. The summed E-state index contributed by atoms with van der Waals surface area (Å²) < 4.78 is 15.9. The molecule has 3 heterocycles. The molecule has 29 heavy (non-hydrogen) atoms. The highest BCUT2D eigenvalue weighted by Crippen LogP contribution is 2.45. The number of carbonyl (C=O) groups is 2. The van der Waals surface area contributed by atoms with Crippen molar-refractivity contribution in [3.05, 3.63) is 29.3 Å². The van der Waals surface area contributed by atoms with Gasteiger partial charge < -0.3 is 24.0 Å². The fourth-order valence-corrected chi connectivity index (χ4v) is 4.94. The number of carbonyl (C=O) groups excluding carboxylic acids is 2.